The van der Waals surface area contributed by atoms with Crippen molar-refractivity contribution in [1.82, 2.24) is 10.2 Å². The molecule has 0 bridgehead atoms. The molecule has 17 heavy (non-hydrogen) atoms. The molecule has 0 radical (unpaired) electrons. The van der Waals surface area contributed by atoms with E-state index in [2.05, 4.69) is 40.0 Å². The van der Waals surface area contributed by atoms with Crippen LogP contribution in [0.2, 0.25) is 0 Å². The van der Waals surface area contributed by atoms with Gasteiger partial charge in [0.1, 0.15) is 0 Å². The number of methoxy groups -OCH3 is 1. The van der Waals surface area contributed by atoms with Crippen molar-refractivity contribution in [2.75, 3.05) is 20.3 Å². The monoisotopic (exact) mass is 304 g/mol. The zero-order valence-corrected chi connectivity index (χ0v) is 12.7. The third-order valence-corrected chi connectivity index (χ3v) is 5.44. The molecule has 5 atom stereocenters. The summed E-state index contributed by atoms with van der Waals surface area (Å²) in [5.41, 5.74) is 0. The van der Waals surface area contributed by atoms with E-state index in [4.69, 9.17) is 4.74 Å². The first-order valence-corrected chi connectivity index (χ1v) is 7.73. The minimum absolute atomic E-state index is 0.374. The summed E-state index contributed by atoms with van der Waals surface area (Å²) in [6.07, 6.45) is 4.10. The summed E-state index contributed by atoms with van der Waals surface area (Å²) in [6, 6.07) is 1.30. The summed E-state index contributed by atoms with van der Waals surface area (Å²) < 4.78 is 5.52. The number of ether oxygens (including phenoxy) is 1. The van der Waals surface area contributed by atoms with Gasteiger partial charge in [-0.1, -0.05) is 29.8 Å². The van der Waals surface area contributed by atoms with Gasteiger partial charge in [0.2, 0.25) is 0 Å². The molecule has 0 amide bonds. The molecule has 1 saturated heterocycles. The molecule has 1 N–H and O–H groups in total. The largest absolute Gasteiger partial charge is 0.380 e. The molecule has 0 aromatic heterocycles. The molecule has 3 nitrogen and oxygen atoms in total. The highest BCUT2D eigenvalue weighted by Gasteiger charge is 2.44. The predicted molar refractivity (Wildman–Crippen MR) is 74.5 cm³/mol. The van der Waals surface area contributed by atoms with Gasteiger partial charge in [-0.15, -0.1) is 0 Å². The maximum atomic E-state index is 5.52. The Labute approximate surface area is 113 Å². The molecule has 1 aliphatic carbocycles. The molecule has 2 fully saturated rings. The lowest BCUT2D eigenvalue weighted by Gasteiger charge is -2.39. The number of hydrogen-bond donors (Lipinski definition) is 1. The van der Waals surface area contributed by atoms with Crippen molar-refractivity contribution in [2.45, 2.75) is 56.1 Å². The zero-order chi connectivity index (χ0) is 12.4. The third-order valence-electron chi connectivity index (χ3n) is 4.42. The lowest BCUT2D eigenvalue weighted by atomic mass is 9.82. The summed E-state index contributed by atoms with van der Waals surface area (Å²) >= 11 is 3.83. The molecule has 0 aromatic carbocycles. The fraction of sp³-hybridized carbons (Fsp3) is 1.00. The van der Waals surface area contributed by atoms with Gasteiger partial charge >= 0.3 is 0 Å². The lowest BCUT2D eigenvalue weighted by Crippen LogP contribution is -2.50. The maximum absolute atomic E-state index is 5.52. The van der Waals surface area contributed by atoms with E-state index < -0.39 is 0 Å². The number of fused-ring (bicyclic) bond motifs is 1. The minimum Gasteiger partial charge on any atom is -0.380 e. The second kappa shape index (κ2) is 6.00. The van der Waals surface area contributed by atoms with Gasteiger partial charge in [-0.05, 0) is 25.2 Å². The van der Waals surface area contributed by atoms with E-state index in [1.54, 1.807) is 0 Å². The second-order valence-corrected chi connectivity index (χ2v) is 6.66. The molecule has 2 rings (SSSR count). The molecular weight excluding hydrogens is 280 g/mol. The first-order valence-electron chi connectivity index (χ1n) is 6.81. The molecule has 1 heterocycles. The van der Waals surface area contributed by atoms with E-state index in [9.17, 15) is 0 Å². The van der Waals surface area contributed by atoms with Crippen LogP contribution in [0.5, 0.6) is 0 Å². The van der Waals surface area contributed by atoms with Gasteiger partial charge in [0.25, 0.3) is 0 Å². The molecule has 1 saturated carbocycles. The smallest absolute Gasteiger partial charge is 0.0696 e. The molecule has 1 aliphatic heterocycles. The van der Waals surface area contributed by atoms with E-state index >= 15 is 0 Å². The SMILES string of the molecule is CCC(CN1CNC2C(Br)CCC(C)C21)OC. The highest BCUT2D eigenvalue weighted by Crippen LogP contribution is 2.35. The molecular formula is C13H25BrN2O. The maximum Gasteiger partial charge on any atom is 0.0696 e. The Hall–Kier alpha value is 0.360. The third kappa shape index (κ3) is 2.86. The lowest BCUT2D eigenvalue weighted by molar-refractivity contribution is 0.0433. The van der Waals surface area contributed by atoms with Gasteiger partial charge in [0.05, 0.1) is 6.10 Å². The first kappa shape index (κ1) is 13.8. The van der Waals surface area contributed by atoms with E-state index in [0.717, 1.165) is 25.6 Å². The number of hydrogen-bond acceptors (Lipinski definition) is 3. The van der Waals surface area contributed by atoms with Crippen molar-refractivity contribution in [3.05, 3.63) is 0 Å². The standard InChI is InChI=1S/C13H25BrN2O/c1-4-10(17-3)7-16-8-15-12-11(14)6-5-9(2)13(12)16/h9-13,15H,4-8H2,1-3H3. The van der Waals surface area contributed by atoms with Crippen LogP contribution in [0.3, 0.4) is 0 Å². The van der Waals surface area contributed by atoms with Crippen LogP contribution in [-0.2, 0) is 4.74 Å². The van der Waals surface area contributed by atoms with Crippen molar-refractivity contribution in [3.63, 3.8) is 0 Å². The highest BCUT2D eigenvalue weighted by atomic mass is 79.9. The number of nitrogens with one attached hydrogen (secondary N) is 1. The van der Waals surface area contributed by atoms with Gasteiger partial charge in [0, 0.05) is 37.2 Å². The molecule has 2 aliphatic rings. The van der Waals surface area contributed by atoms with Crippen molar-refractivity contribution < 1.29 is 4.74 Å². The van der Waals surface area contributed by atoms with Gasteiger partial charge in [-0.25, -0.2) is 0 Å². The Kier molecular flexibility index (Phi) is 4.87. The summed E-state index contributed by atoms with van der Waals surface area (Å²) in [7, 11) is 1.83. The number of halogens is 1. The summed E-state index contributed by atoms with van der Waals surface area (Å²) in [5.74, 6) is 0.790. The van der Waals surface area contributed by atoms with Crippen LogP contribution in [0, 0.1) is 5.92 Å². The van der Waals surface area contributed by atoms with Crippen LogP contribution in [0.4, 0.5) is 0 Å². The molecule has 4 heteroatoms. The van der Waals surface area contributed by atoms with Crippen LogP contribution in [0.1, 0.15) is 33.1 Å². The van der Waals surface area contributed by atoms with Crippen LogP contribution in [-0.4, -0.2) is 48.2 Å². The topological polar surface area (TPSA) is 24.5 Å². The van der Waals surface area contributed by atoms with Crippen LogP contribution in [0.25, 0.3) is 0 Å². The Morgan fingerprint density at radius 1 is 1.47 bits per heavy atom. The molecule has 0 spiro atoms. The Bertz CT molecular complexity index is 248. The molecule has 0 aromatic rings. The van der Waals surface area contributed by atoms with Crippen LogP contribution < -0.4 is 5.32 Å². The number of nitrogens with zero attached hydrogens (tertiary/aromatic N) is 1. The van der Waals surface area contributed by atoms with E-state index in [1.165, 1.54) is 12.8 Å². The predicted octanol–water partition coefficient (Wildman–Crippen LogP) is 2.20. The van der Waals surface area contributed by atoms with E-state index in [0.29, 0.717) is 23.0 Å². The molecule has 100 valence electrons. The van der Waals surface area contributed by atoms with Gasteiger partial charge in [-0.2, -0.15) is 0 Å². The molecule has 5 unspecified atom stereocenters. The van der Waals surface area contributed by atoms with E-state index in [1.807, 2.05) is 7.11 Å². The van der Waals surface area contributed by atoms with Crippen molar-refractivity contribution >= 4 is 15.9 Å². The fourth-order valence-electron chi connectivity index (χ4n) is 3.32. The van der Waals surface area contributed by atoms with E-state index in [-0.39, 0.29) is 0 Å². The second-order valence-electron chi connectivity index (χ2n) is 5.49. The van der Waals surface area contributed by atoms with Gasteiger partial charge in [0.15, 0.2) is 0 Å². The Morgan fingerprint density at radius 2 is 2.24 bits per heavy atom. The highest BCUT2D eigenvalue weighted by molar-refractivity contribution is 9.09. The summed E-state index contributed by atoms with van der Waals surface area (Å²) in [5, 5.41) is 3.67. The summed E-state index contributed by atoms with van der Waals surface area (Å²) in [6.45, 7) is 6.67. The first-order chi connectivity index (χ1) is 8.17. The van der Waals surface area contributed by atoms with Crippen molar-refractivity contribution in [1.29, 1.82) is 0 Å². The van der Waals surface area contributed by atoms with Crippen molar-refractivity contribution in [2.24, 2.45) is 5.92 Å². The number of rotatable bonds is 4. The zero-order valence-electron chi connectivity index (χ0n) is 11.2. The van der Waals surface area contributed by atoms with Gasteiger partial charge < -0.3 is 4.74 Å². The van der Waals surface area contributed by atoms with Gasteiger partial charge in [-0.3, -0.25) is 10.2 Å². The van der Waals surface area contributed by atoms with Crippen molar-refractivity contribution in [3.8, 4) is 0 Å². The average molecular weight is 305 g/mol. The average Bonchev–Trinajstić information content (AvgIpc) is 2.76. The summed E-state index contributed by atoms with van der Waals surface area (Å²) in [4.78, 5) is 3.22. The minimum atomic E-state index is 0.374. The normalized spacial score (nSPS) is 40.2. The van der Waals surface area contributed by atoms with Crippen LogP contribution in [0.15, 0.2) is 0 Å². The Balaban J connectivity index is 2.00. The Morgan fingerprint density at radius 3 is 2.88 bits per heavy atom. The van der Waals surface area contributed by atoms with Crippen LogP contribution >= 0.6 is 15.9 Å². The fourth-order valence-corrected chi connectivity index (χ4v) is 4.09. The quantitative estimate of drug-likeness (QED) is 0.806. The number of alkyl halides is 1.